The third-order valence-corrected chi connectivity index (χ3v) is 2.39. The van der Waals surface area contributed by atoms with Crippen molar-refractivity contribution in [3.63, 3.8) is 0 Å². The number of aryl methyl sites for hydroxylation is 1. The second-order valence-corrected chi connectivity index (χ2v) is 3.89. The molecule has 3 aromatic rings. The summed E-state index contributed by atoms with van der Waals surface area (Å²) in [7, 11) is 0. The number of nitrogens with two attached hydrogens (primary N) is 1. The van der Waals surface area contributed by atoms with Crippen LogP contribution in [0.1, 0.15) is 16.2 Å². The smallest absolute Gasteiger partial charge is 0.324 e. The van der Waals surface area contributed by atoms with Gasteiger partial charge in [-0.05, 0) is 24.6 Å². The highest BCUT2D eigenvalue weighted by molar-refractivity contribution is 5.87. The van der Waals surface area contributed by atoms with Crippen LogP contribution in [-0.2, 0) is 0 Å². The Morgan fingerprint density at radius 2 is 2.11 bits per heavy atom. The summed E-state index contributed by atoms with van der Waals surface area (Å²) in [5.74, 6) is -1.08. The van der Waals surface area contributed by atoms with Crippen LogP contribution < -0.4 is 11.1 Å². The third kappa shape index (κ3) is 2.10. The molecule has 2 heterocycles. The van der Waals surface area contributed by atoms with E-state index in [0.29, 0.717) is 11.1 Å². The zero-order valence-corrected chi connectivity index (χ0v) is 9.88. The molecule has 0 atom stereocenters. The van der Waals surface area contributed by atoms with Crippen molar-refractivity contribution >= 4 is 29.0 Å². The molecule has 0 unspecified atom stereocenters. The molecule has 0 bridgehead atoms. The van der Waals surface area contributed by atoms with Gasteiger partial charge in [-0.2, -0.15) is 4.98 Å². The van der Waals surface area contributed by atoms with Crippen molar-refractivity contribution in [3.05, 3.63) is 29.7 Å². The number of hydrogen-bond donors (Lipinski definition) is 2. The maximum Gasteiger partial charge on any atom is 0.324 e. The van der Waals surface area contributed by atoms with E-state index in [9.17, 15) is 4.79 Å². The Morgan fingerprint density at radius 3 is 2.84 bits per heavy atom. The topological polar surface area (TPSA) is 120 Å². The van der Waals surface area contributed by atoms with Gasteiger partial charge in [-0.15, -0.1) is 5.10 Å². The van der Waals surface area contributed by atoms with Crippen LogP contribution in [0.25, 0.3) is 11.1 Å². The minimum atomic E-state index is -0.797. The summed E-state index contributed by atoms with van der Waals surface area (Å²) in [6.07, 6.45) is 0. The summed E-state index contributed by atoms with van der Waals surface area (Å²) < 4.78 is 10.4. The van der Waals surface area contributed by atoms with Gasteiger partial charge in [0.05, 0.1) is 0 Å². The Balaban J connectivity index is 1.89. The van der Waals surface area contributed by atoms with Gasteiger partial charge in [0.15, 0.2) is 5.58 Å². The van der Waals surface area contributed by atoms with Crippen molar-refractivity contribution in [1.29, 1.82) is 0 Å². The third-order valence-electron chi connectivity index (χ3n) is 2.39. The highest BCUT2D eigenvalue weighted by Gasteiger charge is 2.13. The van der Waals surface area contributed by atoms with Crippen LogP contribution in [0.5, 0.6) is 0 Å². The van der Waals surface area contributed by atoms with E-state index in [0.717, 1.165) is 5.56 Å². The average molecular weight is 259 g/mol. The fourth-order valence-corrected chi connectivity index (χ4v) is 1.55. The summed E-state index contributed by atoms with van der Waals surface area (Å²) in [6.45, 7) is 1.95. The maximum absolute atomic E-state index is 10.8. The van der Waals surface area contributed by atoms with E-state index >= 15 is 0 Å². The van der Waals surface area contributed by atoms with Crippen molar-refractivity contribution in [2.75, 3.05) is 5.32 Å². The van der Waals surface area contributed by atoms with Gasteiger partial charge < -0.3 is 14.6 Å². The lowest BCUT2D eigenvalue weighted by molar-refractivity contribution is 0.0968. The predicted octanol–water partition coefficient (Wildman–Crippen LogP) is 1.36. The molecule has 8 nitrogen and oxygen atoms in total. The molecule has 0 aliphatic heterocycles. The number of aromatic nitrogens is 3. The molecule has 3 rings (SSSR count). The van der Waals surface area contributed by atoms with Gasteiger partial charge in [0.1, 0.15) is 5.52 Å². The normalized spacial score (nSPS) is 10.8. The number of oxazole rings is 1. The monoisotopic (exact) mass is 259 g/mol. The fraction of sp³-hybridized carbons (Fsp3) is 0.0909. The maximum atomic E-state index is 10.8. The van der Waals surface area contributed by atoms with Gasteiger partial charge in [0, 0.05) is 0 Å². The Bertz CT molecular complexity index is 761. The molecule has 1 amide bonds. The van der Waals surface area contributed by atoms with Crippen LogP contribution in [0, 0.1) is 6.92 Å². The van der Waals surface area contributed by atoms with Crippen molar-refractivity contribution in [2.24, 2.45) is 5.73 Å². The first-order valence-corrected chi connectivity index (χ1v) is 5.39. The summed E-state index contributed by atoms with van der Waals surface area (Å²) >= 11 is 0. The standard InChI is InChI=1S/C11H9N5O3/c1-5-2-3-6-7(4-5)18-10(13-6)14-11-16-15-9(19-11)8(12)17/h2-4H,1H3,(H2,12,17)(H,13,14,16). The van der Waals surface area contributed by atoms with E-state index in [2.05, 4.69) is 20.5 Å². The first-order valence-electron chi connectivity index (χ1n) is 5.39. The molecule has 0 radical (unpaired) electrons. The fourth-order valence-electron chi connectivity index (χ4n) is 1.55. The number of nitrogens with one attached hydrogen (secondary N) is 1. The lowest BCUT2D eigenvalue weighted by Gasteiger charge is -1.91. The molecule has 0 saturated heterocycles. The van der Waals surface area contributed by atoms with Gasteiger partial charge >= 0.3 is 23.8 Å². The number of carbonyl (C=O) groups is 1. The Kier molecular flexibility index (Phi) is 2.41. The van der Waals surface area contributed by atoms with E-state index in [4.69, 9.17) is 14.6 Å². The Labute approximate surface area is 106 Å². The molecule has 3 N–H and O–H groups in total. The molecule has 8 heteroatoms. The van der Waals surface area contributed by atoms with Gasteiger partial charge in [-0.3, -0.25) is 10.1 Å². The number of anilines is 2. The van der Waals surface area contributed by atoms with Gasteiger partial charge in [0.2, 0.25) is 0 Å². The van der Waals surface area contributed by atoms with Crippen LogP contribution in [-0.4, -0.2) is 21.1 Å². The number of carbonyl (C=O) groups excluding carboxylic acids is 1. The largest absolute Gasteiger partial charge is 0.423 e. The van der Waals surface area contributed by atoms with Gasteiger partial charge in [0.25, 0.3) is 0 Å². The number of benzene rings is 1. The van der Waals surface area contributed by atoms with Crippen molar-refractivity contribution in [2.45, 2.75) is 6.92 Å². The molecule has 0 aliphatic carbocycles. The van der Waals surface area contributed by atoms with Crippen LogP contribution in [0.2, 0.25) is 0 Å². The Morgan fingerprint density at radius 1 is 1.26 bits per heavy atom. The summed E-state index contributed by atoms with van der Waals surface area (Å²) in [6, 6.07) is 5.79. The average Bonchev–Trinajstić information content (AvgIpc) is 2.95. The zero-order valence-electron chi connectivity index (χ0n) is 9.88. The van der Waals surface area contributed by atoms with Gasteiger partial charge in [-0.1, -0.05) is 11.2 Å². The van der Waals surface area contributed by atoms with Gasteiger partial charge in [-0.25, -0.2) is 0 Å². The molecule has 0 fully saturated rings. The van der Waals surface area contributed by atoms with Crippen LogP contribution >= 0.6 is 0 Å². The SMILES string of the molecule is Cc1ccc2nc(Nc3nnc(C(N)=O)o3)oc2c1. The first-order chi connectivity index (χ1) is 9.11. The second-order valence-electron chi connectivity index (χ2n) is 3.89. The molecule has 96 valence electrons. The van der Waals surface area contributed by atoms with Crippen molar-refractivity contribution in [3.8, 4) is 0 Å². The lowest BCUT2D eigenvalue weighted by atomic mass is 10.2. The summed E-state index contributed by atoms with van der Waals surface area (Å²) in [4.78, 5) is 15.0. The first kappa shape index (κ1) is 11.2. The Hall–Kier alpha value is -2.90. The molecular weight excluding hydrogens is 250 g/mol. The number of amides is 1. The van der Waals surface area contributed by atoms with E-state index < -0.39 is 5.91 Å². The minimum absolute atomic E-state index is 0.0166. The highest BCUT2D eigenvalue weighted by Crippen LogP contribution is 2.22. The van der Waals surface area contributed by atoms with E-state index in [1.165, 1.54) is 0 Å². The quantitative estimate of drug-likeness (QED) is 0.728. The molecule has 2 aromatic heterocycles. The minimum Gasteiger partial charge on any atom is -0.423 e. The van der Waals surface area contributed by atoms with Crippen molar-refractivity contribution in [1.82, 2.24) is 15.2 Å². The molecule has 0 spiro atoms. The van der Waals surface area contributed by atoms with E-state index in [1.54, 1.807) is 0 Å². The predicted molar refractivity (Wildman–Crippen MR) is 64.8 cm³/mol. The van der Waals surface area contributed by atoms with Crippen LogP contribution in [0.4, 0.5) is 12.0 Å². The number of hydrogen-bond acceptors (Lipinski definition) is 7. The number of nitrogens with zero attached hydrogens (tertiary/aromatic N) is 3. The number of fused-ring (bicyclic) bond motifs is 1. The molecule has 19 heavy (non-hydrogen) atoms. The molecule has 1 aromatic carbocycles. The summed E-state index contributed by atoms with van der Waals surface area (Å²) in [5.41, 5.74) is 7.39. The van der Waals surface area contributed by atoms with Crippen LogP contribution in [0.3, 0.4) is 0 Å². The molecule has 0 aliphatic rings. The number of primary amides is 1. The summed E-state index contributed by atoms with van der Waals surface area (Å²) in [5, 5.41) is 9.71. The van der Waals surface area contributed by atoms with Crippen molar-refractivity contribution < 1.29 is 13.6 Å². The van der Waals surface area contributed by atoms with E-state index in [1.807, 2.05) is 25.1 Å². The second kappa shape index (κ2) is 4.09. The highest BCUT2D eigenvalue weighted by atomic mass is 16.4. The zero-order chi connectivity index (χ0) is 13.4. The molecule has 0 saturated carbocycles. The van der Waals surface area contributed by atoms with Crippen LogP contribution in [0.15, 0.2) is 27.0 Å². The molecular formula is C11H9N5O3. The van der Waals surface area contributed by atoms with E-state index in [-0.39, 0.29) is 17.9 Å². The number of rotatable bonds is 3. The lowest BCUT2D eigenvalue weighted by Crippen LogP contribution is -2.10.